The fourth-order valence-electron chi connectivity index (χ4n) is 3.45. The lowest BCUT2D eigenvalue weighted by atomic mass is 9.64. The van der Waals surface area contributed by atoms with E-state index in [0.717, 1.165) is 18.8 Å². The minimum Gasteiger partial charge on any atom is -0.0875 e. The summed E-state index contributed by atoms with van der Waals surface area (Å²) in [5, 5.41) is 4.02. The second-order valence-corrected chi connectivity index (χ2v) is 6.09. The highest BCUT2D eigenvalue weighted by Gasteiger charge is 2.40. The smallest absolute Gasteiger partial charge is 0.0467 e. The third-order valence-electron chi connectivity index (χ3n) is 3.41. The maximum Gasteiger partial charge on any atom is 0.0467 e. The molecule has 0 aromatic heterocycles. The zero-order valence-electron chi connectivity index (χ0n) is 10.5. The molecule has 0 unspecified atom stereocenters. The first-order valence-electron chi connectivity index (χ1n) is 5.97. The van der Waals surface area contributed by atoms with Gasteiger partial charge in [-0.25, -0.2) is 0 Å². The minimum atomic E-state index is -0.156. The van der Waals surface area contributed by atoms with Gasteiger partial charge in [0.05, 0.1) is 0 Å². The SMILES string of the molecule is CCC[C@@H]1CC(C)(C)C[C@](C)(N=[N+]=[N-])C1. The van der Waals surface area contributed by atoms with Crippen molar-refractivity contribution in [3.05, 3.63) is 10.4 Å². The highest BCUT2D eigenvalue weighted by atomic mass is 15.2. The van der Waals surface area contributed by atoms with Crippen molar-refractivity contribution in [2.75, 3.05) is 0 Å². The Morgan fingerprint density at radius 3 is 2.53 bits per heavy atom. The van der Waals surface area contributed by atoms with Crippen LogP contribution in [0.3, 0.4) is 0 Å². The molecule has 0 amide bonds. The van der Waals surface area contributed by atoms with Gasteiger partial charge in [-0.3, -0.25) is 0 Å². The summed E-state index contributed by atoms with van der Waals surface area (Å²) in [5.41, 5.74) is 8.79. The van der Waals surface area contributed by atoms with Crippen LogP contribution in [-0.2, 0) is 0 Å². The maximum absolute atomic E-state index is 8.63. The van der Waals surface area contributed by atoms with E-state index in [4.69, 9.17) is 5.53 Å². The Labute approximate surface area is 92.9 Å². The second kappa shape index (κ2) is 4.44. The van der Waals surface area contributed by atoms with E-state index >= 15 is 0 Å². The van der Waals surface area contributed by atoms with Crippen LogP contribution in [0.25, 0.3) is 10.4 Å². The molecule has 1 aliphatic carbocycles. The topological polar surface area (TPSA) is 48.8 Å². The van der Waals surface area contributed by atoms with Gasteiger partial charge in [0.15, 0.2) is 0 Å². The molecular weight excluding hydrogens is 186 g/mol. The average Bonchev–Trinajstić information content (AvgIpc) is 1.99. The predicted molar refractivity (Wildman–Crippen MR) is 63.6 cm³/mol. The molecule has 0 aromatic carbocycles. The minimum absolute atomic E-state index is 0.156. The summed E-state index contributed by atoms with van der Waals surface area (Å²) >= 11 is 0. The van der Waals surface area contributed by atoms with Crippen molar-refractivity contribution >= 4 is 0 Å². The maximum atomic E-state index is 8.63. The second-order valence-electron chi connectivity index (χ2n) is 6.09. The molecule has 0 radical (unpaired) electrons. The average molecular weight is 209 g/mol. The Kier molecular flexibility index (Phi) is 3.67. The Morgan fingerprint density at radius 2 is 2.00 bits per heavy atom. The van der Waals surface area contributed by atoms with Gasteiger partial charge in [-0.15, -0.1) is 0 Å². The first kappa shape index (κ1) is 12.4. The molecule has 0 aromatic rings. The zero-order valence-corrected chi connectivity index (χ0v) is 10.5. The summed E-state index contributed by atoms with van der Waals surface area (Å²) in [4.78, 5) is 3.02. The number of hydrogen-bond acceptors (Lipinski definition) is 1. The van der Waals surface area contributed by atoms with E-state index in [-0.39, 0.29) is 5.54 Å². The fraction of sp³-hybridized carbons (Fsp3) is 1.00. The standard InChI is InChI=1S/C12H23N3/c1-5-6-10-7-11(2,3)9-12(4,8-10)14-15-13/h10H,5-9H2,1-4H3/t10-,12-/m1/s1. The van der Waals surface area contributed by atoms with Crippen molar-refractivity contribution in [1.82, 2.24) is 0 Å². The van der Waals surface area contributed by atoms with E-state index < -0.39 is 0 Å². The van der Waals surface area contributed by atoms with Crippen LogP contribution in [0.5, 0.6) is 0 Å². The van der Waals surface area contributed by atoms with Gasteiger partial charge in [0, 0.05) is 10.5 Å². The summed E-state index contributed by atoms with van der Waals surface area (Å²) in [6, 6.07) is 0. The van der Waals surface area contributed by atoms with Crippen LogP contribution in [0, 0.1) is 11.3 Å². The molecule has 15 heavy (non-hydrogen) atoms. The fourth-order valence-corrected chi connectivity index (χ4v) is 3.45. The quantitative estimate of drug-likeness (QED) is 0.368. The summed E-state index contributed by atoms with van der Waals surface area (Å²) in [6.45, 7) is 8.92. The van der Waals surface area contributed by atoms with E-state index in [1.807, 2.05) is 0 Å². The molecule has 3 nitrogen and oxygen atoms in total. The summed E-state index contributed by atoms with van der Waals surface area (Å²) < 4.78 is 0. The van der Waals surface area contributed by atoms with Crippen LogP contribution in [-0.4, -0.2) is 5.54 Å². The van der Waals surface area contributed by atoms with E-state index in [1.54, 1.807) is 0 Å². The predicted octanol–water partition coefficient (Wildman–Crippen LogP) is 4.68. The molecule has 2 atom stereocenters. The molecule has 1 rings (SSSR count). The third kappa shape index (κ3) is 3.42. The van der Waals surface area contributed by atoms with Gasteiger partial charge in [0.2, 0.25) is 0 Å². The van der Waals surface area contributed by atoms with Crippen molar-refractivity contribution < 1.29 is 0 Å². The van der Waals surface area contributed by atoms with Crippen LogP contribution in [0.15, 0.2) is 5.11 Å². The molecule has 0 N–H and O–H groups in total. The number of azide groups is 1. The van der Waals surface area contributed by atoms with Crippen LogP contribution in [0.4, 0.5) is 0 Å². The van der Waals surface area contributed by atoms with E-state index in [0.29, 0.717) is 5.41 Å². The van der Waals surface area contributed by atoms with Crippen LogP contribution >= 0.6 is 0 Å². The van der Waals surface area contributed by atoms with Gasteiger partial charge >= 0.3 is 0 Å². The molecule has 0 heterocycles. The molecule has 3 heteroatoms. The van der Waals surface area contributed by atoms with E-state index in [9.17, 15) is 0 Å². The summed E-state index contributed by atoms with van der Waals surface area (Å²) in [6.07, 6.45) is 5.85. The normalized spacial score (nSPS) is 34.5. The molecule has 0 spiro atoms. The van der Waals surface area contributed by atoms with E-state index in [1.165, 1.54) is 19.3 Å². The largest absolute Gasteiger partial charge is 0.0875 e. The Hall–Kier alpha value is -0.690. The third-order valence-corrected chi connectivity index (χ3v) is 3.41. The molecule has 1 saturated carbocycles. The van der Waals surface area contributed by atoms with Crippen molar-refractivity contribution in [3.8, 4) is 0 Å². The van der Waals surface area contributed by atoms with Crippen molar-refractivity contribution in [2.24, 2.45) is 16.4 Å². The monoisotopic (exact) mass is 209 g/mol. The first-order chi connectivity index (χ1) is 6.91. The van der Waals surface area contributed by atoms with Crippen LogP contribution in [0.1, 0.15) is 59.8 Å². The van der Waals surface area contributed by atoms with Gasteiger partial charge in [0.25, 0.3) is 0 Å². The van der Waals surface area contributed by atoms with Crippen molar-refractivity contribution in [3.63, 3.8) is 0 Å². The molecular formula is C12H23N3. The number of rotatable bonds is 3. The van der Waals surface area contributed by atoms with Gasteiger partial charge in [-0.1, -0.05) is 45.7 Å². The summed E-state index contributed by atoms with van der Waals surface area (Å²) in [7, 11) is 0. The molecule has 0 saturated heterocycles. The van der Waals surface area contributed by atoms with Gasteiger partial charge in [0.1, 0.15) is 0 Å². The number of hydrogen-bond donors (Lipinski definition) is 0. The Balaban J connectivity index is 2.80. The Morgan fingerprint density at radius 1 is 1.33 bits per heavy atom. The Bertz CT molecular complexity index is 266. The highest BCUT2D eigenvalue weighted by Crippen LogP contribution is 2.47. The van der Waals surface area contributed by atoms with Gasteiger partial charge in [-0.05, 0) is 36.1 Å². The zero-order chi connectivity index (χ0) is 11.5. The number of nitrogens with zero attached hydrogens (tertiary/aromatic N) is 3. The van der Waals surface area contributed by atoms with Gasteiger partial charge < -0.3 is 0 Å². The van der Waals surface area contributed by atoms with Crippen LogP contribution in [0.2, 0.25) is 0 Å². The molecule has 86 valence electrons. The molecule has 1 aliphatic rings. The lowest BCUT2D eigenvalue weighted by molar-refractivity contribution is 0.105. The van der Waals surface area contributed by atoms with Gasteiger partial charge in [-0.2, -0.15) is 0 Å². The lowest BCUT2D eigenvalue weighted by Gasteiger charge is -2.44. The van der Waals surface area contributed by atoms with Crippen molar-refractivity contribution in [2.45, 2.75) is 65.3 Å². The molecule has 0 aliphatic heterocycles. The van der Waals surface area contributed by atoms with E-state index in [2.05, 4.69) is 37.7 Å². The molecule has 1 fully saturated rings. The first-order valence-corrected chi connectivity index (χ1v) is 5.97. The van der Waals surface area contributed by atoms with Crippen LogP contribution < -0.4 is 0 Å². The lowest BCUT2D eigenvalue weighted by Crippen LogP contribution is -2.38. The summed E-state index contributed by atoms with van der Waals surface area (Å²) in [5.74, 6) is 0.731. The molecule has 0 bridgehead atoms. The highest BCUT2D eigenvalue weighted by molar-refractivity contribution is 4.96. The van der Waals surface area contributed by atoms with Crippen molar-refractivity contribution in [1.29, 1.82) is 0 Å².